The highest BCUT2D eigenvalue weighted by molar-refractivity contribution is 5.91. The van der Waals surface area contributed by atoms with Crippen LogP contribution in [-0.4, -0.2) is 22.8 Å². The van der Waals surface area contributed by atoms with Crippen molar-refractivity contribution in [2.45, 2.75) is 13.5 Å². The molecule has 0 aliphatic carbocycles. The smallest absolute Gasteiger partial charge is 0.194 e. The van der Waals surface area contributed by atoms with Crippen LogP contribution in [0.3, 0.4) is 0 Å². The predicted octanol–water partition coefficient (Wildman–Crippen LogP) is 0.259. The van der Waals surface area contributed by atoms with E-state index in [9.17, 15) is 0 Å². The van der Waals surface area contributed by atoms with Gasteiger partial charge in [0.1, 0.15) is 0 Å². The Kier molecular flexibility index (Phi) is 2.68. The standard InChI is InChI=1S/C7H13N5/c1-3-12-5-4-6(11-12)10-7(8)9-2/h4-5H,3H2,1-2H3,(H3,8,9,10,11). The molecular weight excluding hydrogens is 154 g/mol. The molecule has 1 aromatic heterocycles. The van der Waals surface area contributed by atoms with Crippen LogP contribution in [0.15, 0.2) is 17.3 Å². The molecule has 1 rings (SSSR count). The topological polar surface area (TPSA) is 68.2 Å². The van der Waals surface area contributed by atoms with Gasteiger partial charge in [0.05, 0.1) is 0 Å². The average molecular weight is 167 g/mol. The molecule has 5 nitrogen and oxygen atoms in total. The van der Waals surface area contributed by atoms with Crippen molar-refractivity contribution in [1.29, 1.82) is 0 Å². The van der Waals surface area contributed by atoms with Crippen LogP contribution in [0, 0.1) is 0 Å². The number of aryl methyl sites for hydroxylation is 1. The van der Waals surface area contributed by atoms with Gasteiger partial charge in [-0.3, -0.25) is 9.67 Å². The molecule has 0 atom stereocenters. The van der Waals surface area contributed by atoms with Gasteiger partial charge < -0.3 is 11.1 Å². The van der Waals surface area contributed by atoms with Crippen LogP contribution in [0.2, 0.25) is 0 Å². The number of hydrogen-bond donors (Lipinski definition) is 2. The third-order valence-electron chi connectivity index (χ3n) is 1.46. The fourth-order valence-electron chi connectivity index (χ4n) is 0.792. The Bertz CT molecular complexity index is 275. The Morgan fingerprint density at radius 2 is 2.58 bits per heavy atom. The molecule has 3 N–H and O–H groups in total. The fraction of sp³-hybridized carbons (Fsp3) is 0.429. The second kappa shape index (κ2) is 3.75. The number of nitrogens with one attached hydrogen (secondary N) is 1. The van der Waals surface area contributed by atoms with Gasteiger partial charge in [0, 0.05) is 25.9 Å². The second-order valence-corrected chi connectivity index (χ2v) is 2.29. The molecule has 0 unspecified atom stereocenters. The number of nitrogens with two attached hydrogens (primary N) is 1. The van der Waals surface area contributed by atoms with Gasteiger partial charge in [-0.25, -0.2) is 0 Å². The van der Waals surface area contributed by atoms with Crippen LogP contribution in [0.25, 0.3) is 0 Å². The summed E-state index contributed by atoms with van der Waals surface area (Å²) < 4.78 is 1.81. The molecule has 0 radical (unpaired) electrons. The van der Waals surface area contributed by atoms with E-state index in [1.165, 1.54) is 0 Å². The molecule has 0 saturated heterocycles. The van der Waals surface area contributed by atoms with Crippen LogP contribution in [0.5, 0.6) is 0 Å². The van der Waals surface area contributed by atoms with Gasteiger partial charge in [0.2, 0.25) is 0 Å². The number of guanidine groups is 1. The lowest BCUT2D eigenvalue weighted by Gasteiger charge is -1.98. The van der Waals surface area contributed by atoms with E-state index in [-0.39, 0.29) is 0 Å². The molecule has 12 heavy (non-hydrogen) atoms. The molecule has 66 valence electrons. The summed E-state index contributed by atoms with van der Waals surface area (Å²) >= 11 is 0. The number of anilines is 1. The number of nitrogens with zero attached hydrogens (tertiary/aromatic N) is 3. The second-order valence-electron chi connectivity index (χ2n) is 2.29. The summed E-state index contributed by atoms with van der Waals surface area (Å²) in [6, 6.07) is 1.85. The highest BCUT2D eigenvalue weighted by Crippen LogP contribution is 2.00. The minimum absolute atomic E-state index is 0.372. The molecule has 1 aromatic rings. The van der Waals surface area contributed by atoms with Gasteiger partial charge in [-0.1, -0.05) is 0 Å². The van der Waals surface area contributed by atoms with Crippen molar-refractivity contribution in [3.8, 4) is 0 Å². The zero-order valence-electron chi connectivity index (χ0n) is 7.28. The van der Waals surface area contributed by atoms with E-state index < -0.39 is 0 Å². The van der Waals surface area contributed by atoms with Crippen molar-refractivity contribution < 1.29 is 0 Å². The van der Waals surface area contributed by atoms with Crippen LogP contribution in [-0.2, 0) is 6.54 Å². The molecule has 1 heterocycles. The van der Waals surface area contributed by atoms with E-state index in [0.717, 1.165) is 12.4 Å². The summed E-state index contributed by atoms with van der Waals surface area (Å²) in [5.41, 5.74) is 5.45. The van der Waals surface area contributed by atoms with Gasteiger partial charge in [-0.15, -0.1) is 0 Å². The molecular formula is C7H13N5. The molecule has 0 fully saturated rings. The molecule has 0 saturated carbocycles. The predicted molar refractivity (Wildman–Crippen MR) is 49.1 cm³/mol. The summed E-state index contributed by atoms with van der Waals surface area (Å²) in [7, 11) is 1.62. The van der Waals surface area contributed by atoms with E-state index in [1.54, 1.807) is 7.05 Å². The maximum Gasteiger partial charge on any atom is 0.194 e. The van der Waals surface area contributed by atoms with Gasteiger partial charge in [-0.2, -0.15) is 5.10 Å². The summed E-state index contributed by atoms with van der Waals surface area (Å²) in [4.78, 5) is 3.75. The van der Waals surface area contributed by atoms with Crippen molar-refractivity contribution in [2.75, 3.05) is 12.4 Å². The first-order valence-corrected chi connectivity index (χ1v) is 3.79. The number of aliphatic imine (C=N–C) groups is 1. The quantitative estimate of drug-likeness (QED) is 0.490. The summed E-state index contributed by atoms with van der Waals surface area (Å²) in [6.45, 7) is 2.87. The molecule has 0 aromatic carbocycles. The average Bonchev–Trinajstić information content (AvgIpc) is 2.52. The first-order valence-electron chi connectivity index (χ1n) is 3.79. The van der Waals surface area contributed by atoms with Crippen LogP contribution < -0.4 is 11.1 Å². The minimum atomic E-state index is 0.372. The van der Waals surface area contributed by atoms with Crippen LogP contribution in [0.1, 0.15) is 6.92 Å². The van der Waals surface area contributed by atoms with Gasteiger partial charge in [-0.05, 0) is 6.92 Å². The third kappa shape index (κ3) is 1.98. The Morgan fingerprint density at radius 3 is 3.08 bits per heavy atom. The van der Waals surface area contributed by atoms with Gasteiger partial charge in [0.25, 0.3) is 0 Å². The van der Waals surface area contributed by atoms with Crippen molar-refractivity contribution >= 4 is 11.8 Å². The lowest BCUT2D eigenvalue weighted by atomic mass is 10.6. The fourth-order valence-corrected chi connectivity index (χ4v) is 0.792. The molecule has 0 bridgehead atoms. The maximum absolute atomic E-state index is 5.45. The van der Waals surface area contributed by atoms with Crippen molar-refractivity contribution in [2.24, 2.45) is 10.7 Å². The summed E-state index contributed by atoms with van der Waals surface area (Å²) in [5, 5.41) is 7.00. The SMILES string of the molecule is CCn1ccc(NC(N)=NC)n1. The lowest BCUT2D eigenvalue weighted by Crippen LogP contribution is -2.22. The van der Waals surface area contributed by atoms with E-state index >= 15 is 0 Å². The molecule has 0 aliphatic heterocycles. The maximum atomic E-state index is 5.45. The summed E-state index contributed by atoms with van der Waals surface area (Å²) in [5.74, 6) is 1.09. The first kappa shape index (κ1) is 8.58. The largest absolute Gasteiger partial charge is 0.370 e. The zero-order chi connectivity index (χ0) is 8.97. The Morgan fingerprint density at radius 1 is 1.83 bits per heavy atom. The van der Waals surface area contributed by atoms with Crippen LogP contribution in [0.4, 0.5) is 5.82 Å². The molecule has 0 amide bonds. The number of aromatic nitrogens is 2. The molecule has 0 spiro atoms. The van der Waals surface area contributed by atoms with Crippen molar-refractivity contribution in [1.82, 2.24) is 9.78 Å². The third-order valence-corrected chi connectivity index (χ3v) is 1.46. The lowest BCUT2D eigenvalue weighted by molar-refractivity contribution is 0.662. The normalized spacial score (nSPS) is 11.7. The highest BCUT2D eigenvalue weighted by Gasteiger charge is 1.96. The van der Waals surface area contributed by atoms with E-state index in [4.69, 9.17) is 5.73 Å². The van der Waals surface area contributed by atoms with Crippen molar-refractivity contribution in [3.63, 3.8) is 0 Å². The van der Waals surface area contributed by atoms with E-state index in [1.807, 2.05) is 23.9 Å². The summed E-state index contributed by atoms with van der Waals surface area (Å²) in [6.07, 6.45) is 1.88. The monoisotopic (exact) mass is 167 g/mol. The zero-order valence-corrected chi connectivity index (χ0v) is 7.28. The number of rotatable bonds is 2. The van der Waals surface area contributed by atoms with Crippen molar-refractivity contribution in [3.05, 3.63) is 12.3 Å². The van der Waals surface area contributed by atoms with Gasteiger partial charge in [0.15, 0.2) is 11.8 Å². The van der Waals surface area contributed by atoms with Crippen LogP contribution >= 0.6 is 0 Å². The highest BCUT2D eigenvalue weighted by atomic mass is 15.3. The minimum Gasteiger partial charge on any atom is -0.370 e. The Balaban J connectivity index is 2.64. The Hall–Kier alpha value is -1.52. The number of hydrogen-bond acceptors (Lipinski definition) is 2. The van der Waals surface area contributed by atoms with E-state index in [2.05, 4.69) is 15.4 Å². The molecule has 5 heteroatoms. The van der Waals surface area contributed by atoms with Gasteiger partial charge >= 0.3 is 0 Å². The van der Waals surface area contributed by atoms with E-state index in [0.29, 0.717) is 5.96 Å². The Labute approximate surface area is 71.3 Å². The molecule has 0 aliphatic rings. The first-order chi connectivity index (χ1) is 5.76.